The maximum absolute atomic E-state index is 13.9. The van der Waals surface area contributed by atoms with Gasteiger partial charge < -0.3 is 15.8 Å². The Kier molecular flexibility index (Phi) is 4.48. The number of hydrogen-bond acceptors (Lipinski definition) is 5. The predicted molar refractivity (Wildman–Crippen MR) is 91.9 cm³/mol. The summed E-state index contributed by atoms with van der Waals surface area (Å²) in [4.78, 5) is 8.36. The monoisotopic (exact) mass is 394 g/mol. The molecule has 0 spiro atoms. The van der Waals surface area contributed by atoms with Gasteiger partial charge in [-0.25, -0.2) is 13.8 Å². The van der Waals surface area contributed by atoms with E-state index in [1.54, 1.807) is 12.1 Å². The summed E-state index contributed by atoms with van der Waals surface area (Å²) in [6, 6.07) is 5.82. The quantitative estimate of drug-likeness (QED) is 0.702. The molecule has 3 rings (SSSR count). The van der Waals surface area contributed by atoms with E-state index in [4.69, 9.17) is 10.5 Å². The van der Waals surface area contributed by atoms with Gasteiger partial charge in [0, 0.05) is 28.0 Å². The Morgan fingerprint density at radius 2 is 1.96 bits per heavy atom. The van der Waals surface area contributed by atoms with Crippen molar-refractivity contribution < 1.29 is 13.5 Å². The maximum atomic E-state index is 13.9. The van der Waals surface area contributed by atoms with E-state index in [-0.39, 0.29) is 12.1 Å². The average molecular weight is 395 g/mol. The summed E-state index contributed by atoms with van der Waals surface area (Å²) in [5.41, 5.74) is 7.15. The molecule has 8 heteroatoms. The Morgan fingerprint density at radius 1 is 1.25 bits per heavy atom. The standard InChI is InChI=1S/C16H13BrF2N4O/c1-24-14-3-2-9-15(13(20)7-22-16(9)23-14)21-6-10-11(18)4-8(17)5-12(10)19/h2-5,7H,6,20H2,1H3,(H,21,22,23). The van der Waals surface area contributed by atoms with E-state index in [2.05, 4.69) is 31.2 Å². The normalized spacial score (nSPS) is 10.8. The Bertz CT molecular complexity index is 897. The summed E-state index contributed by atoms with van der Waals surface area (Å²) < 4.78 is 33.3. The molecule has 2 aromatic heterocycles. The van der Waals surface area contributed by atoms with Crippen LogP contribution < -0.4 is 15.8 Å². The number of aromatic nitrogens is 2. The molecule has 0 bridgehead atoms. The SMILES string of the molecule is COc1ccc2c(NCc3c(F)cc(Br)cc3F)c(N)cnc2n1. The lowest BCUT2D eigenvalue weighted by Crippen LogP contribution is -2.08. The van der Waals surface area contributed by atoms with E-state index in [1.807, 2.05) is 0 Å². The van der Waals surface area contributed by atoms with Gasteiger partial charge in [0.1, 0.15) is 11.6 Å². The number of nitrogens with two attached hydrogens (primary N) is 1. The van der Waals surface area contributed by atoms with Crippen molar-refractivity contribution in [1.82, 2.24) is 9.97 Å². The highest BCUT2D eigenvalue weighted by Gasteiger charge is 2.13. The second kappa shape index (κ2) is 6.56. The van der Waals surface area contributed by atoms with Crippen LogP contribution in [-0.4, -0.2) is 17.1 Å². The zero-order valence-corrected chi connectivity index (χ0v) is 14.2. The summed E-state index contributed by atoms with van der Waals surface area (Å²) in [6.07, 6.45) is 1.44. The highest BCUT2D eigenvalue weighted by Crippen LogP contribution is 2.29. The third kappa shape index (κ3) is 3.09. The van der Waals surface area contributed by atoms with Gasteiger partial charge in [-0.05, 0) is 18.2 Å². The molecule has 2 heterocycles. The largest absolute Gasteiger partial charge is 0.481 e. The van der Waals surface area contributed by atoms with Crippen molar-refractivity contribution in [2.45, 2.75) is 6.54 Å². The molecule has 0 saturated heterocycles. The van der Waals surface area contributed by atoms with Gasteiger partial charge in [0.25, 0.3) is 0 Å². The van der Waals surface area contributed by atoms with Crippen LogP contribution in [0.3, 0.4) is 0 Å². The Morgan fingerprint density at radius 3 is 2.62 bits per heavy atom. The van der Waals surface area contributed by atoms with Gasteiger partial charge in [0.15, 0.2) is 5.65 Å². The molecule has 0 saturated carbocycles. The lowest BCUT2D eigenvalue weighted by atomic mass is 10.1. The molecule has 0 fully saturated rings. The number of methoxy groups -OCH3 is 1. The van der Waals surface area contributed by atoms with Crippen LogP contribution in [0.15, 0.2) is 34.9 Å². The lowest BCUT2D eigenvalue weighted by Gasteiger charge is -2.13. The van der Waals surface area contributed by atoms with Gasteiger partial charge in [-0.1, -0.05) is 15.9 Å². The van der Waals surface area contributed by atoms with Gasteiger partial charge in [-0.3, -0.25) is 0 Å². The van der Waals surface area contributed by atoms with Crippen LogP contribution >= 0.6 is 15.9 Å². The smallest absolute Gasteiger partial charge is 0.215 e. The van der Waals surface area contributed by atoms with E-state index < -0.39 is 11.6 Å². The number of anilines is 2. The van der Waals surface area contributed by atoms with Gasteiger partial charge in [-0.2, -0.15) is 4.98 Å². The Balaban J connectivity index is 1.97. The number of hydrogen-bond donors (Lipinski definition) is 2. The van der Waals surface area contributed by atoms with Crippen molar-refractivity contribution in [2.75, 3.05) is 18.2 Å². The molecule has 0 aliphatic rings. The molecule has 0 radical (unpaired) electrons. The molecule has 24 heavy (non-hydrogen) atoms. The van der Waals surface area contributed by atoms with E-state index in [9.17, 15) is 8.78 Å². The van der Waals surface area contributed by atoms with Crippen LogP contribution in [0, 0.1) is 11.6 Å². The summed E-state index contributed by atoms with van der Waals surface area (Å²) in [7, 11) is 1.50. The minimum Gasteiger partial charge on any atom is -0.481 e. The van der Waals surface area contributed by atoms with E-state index in [0.717, 1.165) is 0 Å². The number of nitrogens with zero attached hydrogens (tertiary/aromatic N) is 2. The fraction of sp³-hybridized carbons (Fsp3) is 0.125. The molecule has 124 valence electrons. The Hall–Kier alpha value is -2.48. The number of pyridine rings is 2. The highest BCUT2D eigenvalue weighted by molar-refractivity contribution is 9.10. The summed E-state index contributed by atoms with van der Waals surface area (Å²) >= 11 is 3.05. The zero-order chi connectivity index (χ0) is 17.3. The summed E-state index contributed by atoms with van der Waals surface area (Å²) in [5.74, 6) is -0.882. The topological polar surface area (TPSA) is 73.1 Å². The van der Waals surface area contributed by atoms with Crippen molar-refractivity contribution >= 4 is 38.3 Å². The summed E-state index contributed by atoms with van der Waals surface area (Å²) in [5, 5.41) is 3.60. The van der Waals surface area contributed by atoms with Crippen molar-refractivity contribution in [1.29, 1.82) is 0 Å². The number of rotatable bonds is 4. The predicted octanol–water partition coefficient (Wildman–Crippen LogP) is 3.87. The minimum atomic E-state index is -0.647. The van der Waals surface area contributed by atoms with Crippen molar-refractivity contribution in [2.24, 2.45) is 0 Å². The number of nitrogen functional groups attached to an aromatic ring is 1. The fourth-order valence-electron chi connectivity index (χ4n) is 2.30. The third-order valence-corrected chi connectivity index (χ3v) is 3.95. The number of nitrogens with one attached hydrogen (secondary N) is 1. The van der Waals surface area contributed by atoms with Crippen LogP contribution in [0.25, 0.3) is 11.0 Å². The molecule has 1 aromatic carbocycles. The molecule has 0 unspecified atom stereocenters. The van der Waals surface area contributed by atoms with E-state index in [0.29, 0.717) is 32.8 Å². The lowest BCUT2D eigenvalue weighted by molar-refractivity contribution is 0.399. The molecule has 5 nitrogen and oxygen atoms in total. The molecule has 0 atom stereocenters. The van der Waals surface area contributed by atoms with Gasteiger partial charge in [0.05, 0.1) is 24.7 Å². The van der Waals surface area contributed by atoms with Crippen molar-refractivity contribution in [3.05, 3.63) is 52.1 Å². The average Bonchev–Trinajstić information content (AvgIpc) is 2.55. The van der Waals surface area contributed by atoms with Crippen molar-refractivity contribution in [3.63, 3.8) is 0 Å². The number of benzene rings is 1. The second-order valence-electron chi connectivity index (χ2n) is 5.01. The molecule has 3 aromatic rings. The van der Waals surface area contributed by atoms with Crippen LogP contribution in [0.4, 0.5) is 20.2 Å². The fourth-order valence-corrected chi connectivity index (χ4v) is 2.71. The van der Waals surface area contributed by atoms with E-state index in [1.165, 1.54) is 25.4 Å². The molecule has 0 aliphatic heterocycles. The third-order valence-electron chi connectivity index (χ3n) is 3.49. The van der Waals surface area contributed by atoms with Crippen LogP contribution in [0.5, 0.6) is 5.88 Å². The molecule has 0 amide bonds. The first kappa shape index (κ1) is 16.4. The van der Waals surface area contributed by atoms with Gasteiger partial charge >= 0.3 is 0 Å². The molecular formula is C16H13BrF2N4O. The first-order chi connectivity index (χ1) is 11.5. The van der Waals surface area contributed by atoms with Gasteiger partial charge in [0.2, 0.25) is 5.88 Å². The number of fused-ring (bicyclic) bond motifs is 1. The van der Waals surface area contributed by atoms with Crippen molar-refractivity contribution in [3.8, 4) is 5.88 Å². The Labute approximate surface area is 145 Å². The summed E-state index contributed by atoms with van der Waals surface area (Å²) in [6.45, 7) is -0.0692. The second-order valence-corrected chi connectivity index (χ2v) is 5.93. The molecule has 3 N–H and O–H groups in total. The molecular weight excluding hydrogens is 382 g/mol. The van der Waals surface area contributed by atoms with Gasteiger partial charge in [-0.15, -0.1) is 0 Å². The number of ether oxygens (including phenoxy) is 1. The minimum absolute atomic E-state index is 0.0692. The van der Waals surface area contributed by atoms with Crippen LogP contribution in [-0.2, 0) is 6.54 Å². The maximum Gasteiger partial charge on any atom is 0.215 e. The first-order valence-corrected chi connectivity index (χ1v) is 7.75. The van der Waals surface area contributed by atoms with Crippen LogP contribution in [0.2, 0.25) is 0 Å². The molecule has 0 aliphatic carbocycles. The first-order valence-electron chi connectivity index (χ1n) is 6.96. The zero-order valence-electron chi connectivity index (χ0n) is 12.6. The highest BCUT2D eigenvalue weighted by atomic mass is 79.9. The van der Waals surface area contributed by atoms with Crippen LogP contribution in [0.1, 0.15) is 5.56 Å². The van der Waals surface area contributed by atoms with E-state index >= 15 is 0 Å². The number of halogens is 3.